The van der Waals surface area contributed by atoms with Crippen LogP contribution in [0, 0.1) is 0 Å². The smallest absolute Gasteiger partial charge is 0.0255 e. The van der Waals surface area contributed by atoms with Crippen molar-refractivity contribution in [3.05, 3.63) is 12.3 Å². The van der Waals surface area contributed by atoms with E-state index in [0.717, 1.165) is 12.5 Å². The van der Waals surface area contributed by atoms with Gasteiger partial charge < -0.3 is 5.32 Å². The van der Waals surface area contributed by atoms with E-state index in [4.69, 9.17) is 0 Å². The van der Waals surface area contributed by atoms with Crippen LogP contribution in [0.25, 0.3) is 0 Å². The van der Waals surface area contributed by atoms with Crippen LogP contribution in [-0.4, -0.2) is 6.04 Å². The molecule has 0 bridgehead atoms. The maximum atomic E-state index is 3.34. The second kappa shape index (κ2) is 3.54. The van der Waals surface area contributed by atoms with E-state index < -0.39 is 0 Å². The molecule has 52 valence electrons. The molecule has 0 atom stereocenters. The lowest BCUT2D eigenvalue weighted by atomic mass is 9.93. The number of nitrogens with one attached hydrogen (secondary N) is 1. The Balaban J connectivity index is 1.97. The van der Waals surface area contributed by atoms with Gasteiger partial charge in [0.25, 0.3) is 0 Å². The first kappa shape index (κ1) is 6.66. The van der Waals surface area contributed by atoms with Crippen molar-refractivity contribution in [2.24, 2.45) is 0 Å². The molecule has 0 heterocycles. The zero-order valence-electron chi connectivity index (χ0n) is 6.06. The van der Waals surface area contributed by atoms with Gasteiger partial charge in [0.05, 0.1) is 0 Å². The van der Waals surface area contributed by atoms with E-state index in [2.05, 4.69) is 24.5 Å². The van der Waals surface area contributed by atoms with Crippen LogP contribution >= 0.6 is 0 Å². The SMILES string of the molecule is CC/C=C/NC1CCC1. The van der Waals surface area contributed by atoms with E-state index in [-0.39, 0.29) is 0 Å². The summed E-state index contributed by atoms with van der Waals surface area (Å²) in [7, 11) is 0. The molecule has 0 aromatic rings. The molecule has 1 rings (SSSR count). The summed E-state index contributed by atoms with van der Waals surface area (Å²) in [6.45, 7) is 2.15. The van der Waals surface area contributed by atoms with Gasteiger partial charge in [-0.1, -0.05) is 13.0 Å². The van der Waals surface area contributed by atoms with Crippen LogP contribution in [0.5, 0.6) is 0 Å². The van der Waals surface area contributed by atoms with Crippen LogP contribution in [0.2, 0.25) is 0 Å². The fourth-order valence-corrected chi connectivity index (χ4v) is 0.897. The fraction of sp³-hybridized carbons (Fsp3) is 0.750. The largest absolute Gasteiger partial charge is 0.388 e. The minimum atomic E-state index is 0.799. The van der Waals surface area contributed by atoms with Crippen LogP contribution in [0.15, 0.2) is 12.3 Å². The Labute approximate surface area is 57.1 Å². The maximum Gasteiger partial charge on any atom is 0.0255 e. The van der Waals surface area contributed by atoms with Crippen molar-refractivity contribution in [3.8, 4) is 0 Å². The highest BCUT2D eigenvalue weighted by Gasteiger charge is 2.14. The molecule has 0 aromatic heterocycles. The molecule has 0 aliphatic heterocycles. The zero-order valence-corrected chi connectivity index (χ0v) is 6.06. The molecule has 0 unspecified atom stereocenters. The van der Waals surface area contributed by atoms with Gasteiger partial charge in [-0.15, -0.1) is 0 Å². The summed E-state index contributed by atoms with van der Waals surface area (Å²) < 4.78 is 0. The van der Waals surface area contributed by atoms with E-state index in [0.29, 0.717) is 0 Å². The lowest BCUT2D eigenvalue weighted by Gasteiger charge is -2.25. The highest BCUT2D eigenvalue weighted by atomic mass is 14.9. The average Bonchev–Trinajstić information content (AvgIpc) is 1.76. The monoisotopic (exact) mass is 125 g/mol. The highest BCUT2D eigenvalue weighted by Crippen LogP contribution is 2.17. The quantitative estimate of drug-likeness (QED) is 0.608. The fourth-order valence-electron chi connectivity index (χ4n) is 0.897. The van der Waals surface area contributed by atoms with E-state index in [9.17, 15) is 0 Å². The first-order valence-corrected chi connectivity index (χ1v) is 3.84. The van der Waals surface area contributed by atoms with Gasteiger partial charge >= 0.3 is 0 Å². The van der Waals surface area contributed by atoms with E-state index >= 15 is 0 Å². The molecule has 1 aliphatic rings. The Morgan fingerprint density at radius 3 is 2.78 bits per heavy atom. The molecule has 1 saturated carbocycles. The van der Waals surface area contributed by atoms with Crippen molar-refractivity contribution in [2.75, 3.05) is 0 Å². The molecular weight excluding hydrogens is 110 g/mol. The summed E-state index contributed by atoms with van der Waals surface area (Å²) in [5.41, 5.74) is 0. The van der Waals surface area contributed by atoms with Crippen LogP contribution in [0.4, 0.5) is 0 Å². The van der Waals surface area contributed by atoms with Crippen LogP contribution in [0.1, 0.15) is 32.6 Å². The minimum Gasteiger partial charge on any atom is -0.388 e. The van der Waals surface area contributed by atoms with Gasteiger partial charge in [0.15, 0.2) is 0 Å². The standard InChI is InChI=1S/C8H15N/c1-2-3-7-9-8-5-4-6-8/h3,7-9H,2,4-6H2,1H3/b7-3+. The Bertz CT molecular complexity index is 92.7. The summed E-state index contributed by atoms with van der Waals surface area (Å²) in [4.78, 5) is 0. The normalized spacial score (nSPS) is 20.1. The van der Waals surface area contributed by atoms with Gasteiger partial charge in [-0.2, -0.15) is 0 Å². The Morgan fingerprint density at radius 2 is 2.33 bits per heavy atom. The molecule has 0 amide bonds. The van der Waals surface area contributed by atoms with Crippen molar-refractivity contribution in [1.82, 2.24) is 5.32 Å². The van der Waals surface area contributed by atoms with Gasteiger partial charge in [0.2, 0.25) is 0 Å². The summed E-state index contributed by atoms with van der Waals surface area (Å²) in [5, 5.41) is 3.34. The number of allylic oxidation sites excluding steroid dienone is 1. The lowest BCUT2D eigenvalue weighted by molar-refractivity contribution is 0.373. The second-order valence-electron chi connectivity index (χ2n) is 2.61. The van der Waals surface area contributed by atoms with E-state index in [1.165, 1.54) is 19.3 Å². The predicted molar refractivity (Wildman–Crippen MR) is 40.2 cm³/mol. The van der Waals surface area contributed by atoms with E-state index in [1.54, 1.807) is 0 Å². The van der Waals surface area contributed by atoms with Gasteiger partial charge in [-0.3, -0.25) is 0 Å². The van der Waals surface area contributed by atoms with E-state index in [1.807, 2.05) is 0 Å². The number of hydrogen-bond donors (Lipinski definition) is 1. The molecular formula is C8H15N. The third-order valence-electron chi connectivity index (χ3n) is 1.79. The van der Waals surface area contributed by atoms with Crippen LogP contribution in [-0.2, 0) is 0 Å². The Morgan fingerprint density at radius 1 is 1.56 bits per heavy atom. The van der Waals surface area contributed by atoms with Gasteiger partial charge in [0, 0.05) is 6.04 Å². The molecule has 0 aromatic carbocycles. The molecule has 0 radical (unpaired) electrons. The number of rotatable bonds is 3. The van der Waals surface area contributed by atoms with Gasteiger partial charge in [-0.05, 0) is 31.9 Å². The Kier molecular flexibility index (Phi) is 2.62. The molecule has 1 heteroatoms. The van der Waals surface area contributed by atoms with Gasteiger partial charge in [0.1, 0.15) is 0 Å². The zero-order chi connectivity index (χ0) is 6.53. The van der Waals surface area contributed by atoms with Crippen molar-refractivity contribution < 1.29 is 0 Å². The number of hydrogen-bond acceptors (Lipinski definition) is 1. The minimum absolute atomic E-state index is 0.799. The summed E-state index contributed by atoms with van der Waals surface area (Å²) in [6.07, 6.45) is 9.54. The summed E-state index contributed by atoms with van der Waals surface area (Å²) >= 11 is 0. The second-order valence-corrected chi connectivity index (χ2v) is 2.61. The third-order valence-corrected chi connectivity index (χ3v) is 1.79. The molecule has 0 spiro atoms. The third kappa shape index (κ3) is 2.08. The molecule has 0 saturated heterocycles. The van der Waals surface area contributed by atoms with Gasteiger partial charge in [-0.25, -0.2) is 0 Å². The highest BCUT2D eigenvalue weighted by molar-refractivity contribution is 4.85. The molecule has 1 N–H and O–H groups in total. The van der Waals surface area contributed by atoms with Crippen molar-refractivity contribution in [2.45, 2.75) is 38.6 Å². The van der Waals surface area contributed by atoms with Crippen LogP contribution < -0.4 is 5.32 Å². The molecule has 1 aliphatic carbocycles. The van der Waals surface area contributed by atoms with Crippen molar-refractivity contribution in [1.29, 1.82) is 0 Å². The first-order chi connectivity index (χ1) is 4.43. The summed E-state index contributed by atoms with van der Waals surface area (Å²) in [5.74, 6) is 0. The molecule has 1 nitrogen and oxygen atoms in total. The maximum absolute atomic E-state index is 3.34. The lowest BCUT2D eigenvalue weighted by Crippen LogP contribution is -2.30. The van der Waals surface area contributed by atoms with Crippen molar-refractivity contribution >= 4 is 0 Å². The predicted octanol–water partition coefficient (Wildman–Crippen LogP) is 2.05. The molecule has 9 heavy (non-hydrogen) atoms. The van der Waals surface area contributed by atoms with Crippen molar-refractivity contribution in [3.63, 3.8) is 0 Å². The first-order valence-electron chi connectivity index (χ1n) is 3.84. The Hall–Kier alpha value is -0.460. The topological polar surface area (TPSA) is 12.0 Å². The molecule has 1 fully saturated rings. The average molecular weight is 125 g/mol. The summed E-state index contributed by atoms with van der Waals surface area (Å²) in [6, 6.07) is 0.799. The van der Waals surface area contributed by atoms with Crippen LogP contribution in [0.3, 0.4) is 0 Å².